The SMILES string of the molecule is CC(C)(C)OO.[SiH4]. The standard InChI is InChI=1S/C4H10O2.H4Si/c1-4(2,3)6-5;/h5H,1-3H3;1H4. The summed E-state index contributed by atoms with van der Waals surface area (Å²) in [6.45, 7) is 5.31. The lowest BCUT2D eigenvalue weighted by Crippen LogP contribution is -2.15. The Balaban J connectivity index is 0. The van der Waals surface area contributed by atoms with Crippen LogP contribution < -0.4 is 0 Å². The smallest absolute Gasteiger partial charge is 0.0949 e. The number of hydrogen-bond acceptors (Lipinski definition) is 2. The lowest BCUT2D eigenvalue weighted by molar-refractivity contribution is -0.306. The van der Waals surface area contributed by atoms with Gasteiger partial charge in [-0.1, -0.05) is 0 Å². The van der Waals surface area contributed by atoms with Crippen molar-refractivity contribution in [2.75, 3.05) is 0 Å². The minimum Gasteiger partial charge on any atom is -0.251 e. The lowest BCUT2D eigenvalue weighted by atomic mass is 10.2. The van der Waals surface area contributed by atoms with Crippen LogP contribution in [0, 0.1) is 0 Å². The fourth-order valence-corrected chi connectivity index (χ4v) is 0. The highest BCUT2D eigenvalue weighted by Gasteiger charge is 2.06. The average molecular weight is 122 g/mol. The van der Waals surface area contributed by atoms with E-state index in [0.717, 1.165) is 0 Å². The predicted octanol–water partition coefficient (Wildman–Crippen LogP) is -0.177. The molecule has 0 saturated heterocycles. The third-order valence-electron chi connectivity index (χ3n) is 0.274. The summed E-state index contributed by atoms with van der Waals surface area (Å²) in [5, 5.41) is 7.90. The minimum atomic E-state index is -0.403. The zero-order chi connectivity index (χ0) is 5.21. The summed E-state index contributed by atoms with van der Waals surface area (Å²) in [4.78, 5) is 3.94. The van der Waals surface area contributed by atoms with E-state index in [2.05, 4.69) is 4.89 Å². The summed E-state index contributed by atoms with van der Waals surface area (Å²) in [6, 6.07) is 0. The van der Waals surface area contributed by atoms with Crippen LogP contribution in [0.1, 0.15) is 20.8 Å². The van der Waals surface area contributed by atoms with Crippen LogP contribution in [-0.4, -0.2) is 21.8 Å². The molecule has 0 aromatic rings. The molecule has 0 aliphatic carbocycles. The summed E-state index contributed by atoms with van der Waals surface area (Å²) < 4.78 is 0. The Labute approximate surface area is 48.4 Å². The predicted molar refractivity (Wildman–Crippen MR) is 34.8 cm³/mol. The highest BCUT2D eigenvalue weighted by atomic mass is 28.1. The first-order chi connectivity index (χ1) is 2.56. The topological polar surface area (TPSA) is 29.5 Å². The molecular formula is C4H14O2Si. The largest absolute Gasteiger partial charge is 0.251 e. The summed E-state index contributed by atoms with van der Waals surface area (Å²) in [5.74, 6) is 0. The first-order valence-corrected chi connectivity index (χ1v) is 1.89. The van der Waals surface area contributed by atoms with Crippen molar-refractivity contribution in [3.05, 3.63) is 0 Å². The van der Waals surface area contributed by atoms with Crippen LogP contribution >= 0.6 is 0 Å². The molecule has 1 N–H and O–H groups in total. The van der Waals surface area contributed by atoms with Gasteiger partial charge >= 0.3 is 0 Å². The van der Waals surface area contributed by atoms with Crippen molar-refractivity contribution in [3.63, 3.8) is 0 Å². The first kappa shape index (κ1) is 10.2. The van der Waals surface area contributed by atoms with Crippen molar-refractivity contribution >= 4 is 11.0 Å². The van der Waals surface area contributed by atoms with Crippen LogP contribution in [0.15, 0.2) is 0 Å². The van der Waals surface area contributed by atoms with E-state index in [-0.39, 0.29) is 11.0 Å². The molecule has 0 aliphatic rings. The molecule has 2 nitrogen and oxygen atoms in total. The highest BCUT2D eigenvalue weighted by Crippen LogP contribution is 2.01. The minimum absolute atomic E-state index is 0. The zero-order valence-corrected chi connectivity index (χ0v) is 4.36. The maximum absolute atomic E-state index is 7.90. The second-order valence-corrected chi connectivity index (χ2v) is 2.20. The summed E-state index contributed by atoms with van der Waals surface area (Å²) in [7, 11) is 0. The van der Waals surface area contributed by atoms with Gasteiger partial charge in [-0.05, 0) is 31.7 Å². The van der Waals surface area contributed by atoms with Crippen molar-refractivity contribution < 1.29 is 10.1 Å². The van der Waals surface area contributed by atoms with Gasteiger partial charge < -0.3 is 0 Å². The third-order valence-corrected chi connectivity index (χ3v) is 0.274. The second kappa shape index (κ2) is 3.18. The Hall–Kier alpha value is 0.137. The molecule has 7 heavy (non-hydrogen) atoms. The molecule has 0 fully saturated rings. The lowest BCUT2D eigenvalue weighted by Gasteiger charge is -2.10. The van der Waals surface area contributed by atoms with E-state index in [9.17, 15) is 0 Å². The molecule has 0 aliphatic heterocycles. The second-order valence-electron chi connectivity index (χ2n) is 2.20. The van der Waals surface area contributed by atoms with Gasteiger partial charge in [0.25, 0.3) is 0 Å². The Morgan fingerprint density at radius 1 is 1.29 bits per heavy atom. The molecule has 0 radical (unpaired) electrons. The normalized spacial score (nSPS) is 10.3. The van der Waals surface area contributed by atoms with Crippen molar-refractivity contribution in [2.45, 2.75) is 26.4 Å². The average Bonchev–Trinajstić information content (AvgIpc) is 1.35. The van der Waals surface area contributed by atoms with Gasteiger partial charge in [0.15, 0.2) is 0 Å². The van der Waals surface area contributed by atoms with E-state index < -0.39 is 5.60 Å². The van der Waals surface area contributed by atoms with Crippen LogP contribution in [0.4, 0.5) is 0 Å². The molecule has 0 spiro atoms. The van der Waals surface area contributed by atoms with Gasteiger partial charge in [-0.25, -0.2) is 4.89 Å². The van der Waals surface area contributed by atoms with E-state index in [0.29, 0.717) is 0 Å². The molecule has 0 heterocycles. The van der Waals surface area contributed by atoms with Crippen LogP contribution in [0.25, 0.3) is 0 Å². The van der Waals surface area contributed by atoms with Crippen LogP contribution in [0.2, 0.25) is 0 Å². The van der Waals surface area contributed by atoms with Crippen LogP contribution in [0.5, 0.6) is 0 Å². The molecule has 0 rings (SSSR count). The van der Waals surface area contributed by atoms with E-state index in [1.807, 2.05) is 0 Å². The Bertz CT molecular complexity index is 39.4. The van der Waals surface area contributed by atoms with Crippen molar-refractivity contribution in [3.8, 4) is 0 Å². The highest BCUT2D eigenvalue weighted by molar-refractivity contribution is 5.75. The number of rotatable bonds is 0. The molecule has 0 saturated carbocycles. The van der Waals surface area contributed by atoms with E-state index in [4.69, 9.17) is 5.26 Å². The van der Waals surface area contributed by atoms with E-state index in [1.54, 1.807) is 20.8 Å². The summed E-state index contributed by atoms with van der Waals surface area (Å²) in [6.07, 6.45) is 0. The molecule has 46 valence electrons. The van der Waals surface area contributed by atoms with Crippen LogP contribution in [-0.2, 0) is 4.89 Å². The zero-order valence-electron chi connectivity index (χ0n) is 4.36. The van der Waals surface area contributed by atoms with E-state index >= 15 is 0 Å². The number of hydrogen-bond donors (Lipinski definition) is 1. The van der Waals surface area contributed by atoms with E-state index in [1.165, 1.54) is 0 Å². The molecule has 0 atom stereocenters. The van der Waals surface area contributed by atoms with Gasteiger partial charge in [0.05, 0.1) is 5.60 Å². The van der Waals surface area contributed by atoms with Gasteiger partial charge in [0, 0.05) is 0 Å². The fraction of sp³-hybridized carbons (Fsp3) is 1.00. The van der Waals surface area contributed by atoms with Gasteiger partial charge in [0.2, 0.25) is 0 Å². The van der Waals surface area contributed by atoms with Crippen molar-refractivity contribution in [2.24, 2.45) is 0 Å². The Morgan fingerprint density at radius 3 is 1.43 bits per heavy atom. The molecule has 0 aromatic carbocycles. The third kappa shape index (κ3) is 10.7. The van der Waals surface area contributed by atoms with Gasteiger partial charge in [-0.15, -0.1) is 0 Å². The Morgan fingerprint density at radius 2 is 1.43 bits per heavy atom. The summed E-state index contributed by atoms with van der Waals surface area (Å²) >= 11 is 0. The molecule has 0 bridgehead atoms. The first-order valence-electron chi connectivity index (χ1n) is 1.89. The maximum atomic E-state index is 7.90. The van der Waals surface area contributed by atoms with Crippen LogP contribution in [0.3, 0.4) is 0 Å². The maximum Gasteiger partial charge on any atom is 0.0949 e. The molecule has 0 aromatic heterocycles. The van der Waals surface area contributed by atoms with Gasteiger partial charge in [-0.3, -0.25) is 5.26 Å². The summed E-state index contributed by atoms with van der Waals surface area (Å²) in [5.41, 5.74) is -0.403. The van der Waals surface area contributed by atoms with Gasteiger partial charge in [-0.2, -0.15) is 0 Å². The monoisotopic (exact) mass is 122 g/mol. The van der Waals surface area contributed by atoms with Crippen molar-refractivity contribution in [1.29, 1.82) is 0 Å². The molecule has 3 heteroatoms. The Kier molecular flexibility index (Phi) is 4.63. The quantitative estimate of drug-likeness (QED) is 0.274. The molecule has 0 unspecified atom stereocenters. The van der Waals surface area contributed by atoms with Crippen molar-refractivity contribution in [1.82, 2.24) is 0 Å². The van der Waals surface area contributed by atoms with Gasteiger partial charge in [0.1, 0.15) is 0 Å². The fourth-order valence-electron chi connectivity index (χ4n) is 0. The molecular weight excluding hydrogens is 108 g/mol. The molecule has 0 amide bonds.